The summed E-state index contributed by atoms with van der Waals surface area (Å²) in [4.78, 5) is 14.4. The van der Waals surface area contributed by atoms with E-state index in [-0.39, 0.29) is 12.0 Å². The molecule has 3 rings (SSSR count). The Morgan fingerprint density at radius 1 is 1.44 bits per heavy atom. The molecule has 0 unspecified atom stereocenters. The molecule has 1 saturated heterocycles. The number of morpholine rings is 1. The van der Waals surface area contributed by atoms with Crippen molar-refractivity contribution in [1.82, 2.24) is 20.0 Å². The van der Waals surface area contributed by atoms with Crippen molar-refractivity contribution in [2.24, 2.45) is 0 Å². The highest BCUT2D eigenvalue weighted by Crippen LogP contribution is 2.21. The van der Waals surface area contributed by atoms with Crippen molar-refractivity contribution in [3.63, 3.8) is 0 Å². The van der Waals surface area contributed by atoms with Gasteiger partial charge in [-0.25, -0.2) is 0 Å². The smallest absolute Gasteiger partial charge is 0.234 e. The molecule has 2 aromatic rings. The van der Waals surface area contributed by atoms with Crippen molar-refractivity contribution in [3.8, 4) is 0 Å². The molecule has 0 aliphatic carbocycles. The van der Waals surface area contributed by atoms with Gasteiger partial charge >= 0.3 is 0 Å². The number of carbonyl (C=O) groups excluding carboxylic acids is 1. The first kappa shape index (κ1) is 17.6. The van der Waals surface area contributed by atoms with E-state index in [1.807, 2.05) is 29.2 Å². The lowest BCUT2D eigenvalue weighted by atomic mass is 10.1. The normalized spacial score (nSPS) is 18.2. The van der Waals surface area contributed by atoms with E-state index in [1.165, 1.54) is 5.56 Å². The monoisotopic (exact) mass is 342 g/mol. The highest BCUT2D eigenvalue weighted by Gasteiger charge is 2.24. The van der Waals surface area contributed by atoms with Crippen LogP contribution in [-0.2, 0) is 22.6 Å². The predicted molar refractivity (Wildman–Crippen MR) is 96.1 cm³/mol. The van der Waals surface area contributed by atoms with Crippen LogP contribution in [0.3, 0.4) is 0 Å². The Morgan fingerprint density at radius 2 is 2.32 bits per heavy atom. The molecule has 1 N–H and O–H groups in total. The molecule has 134 valence electrons. The van der Waals surface area contributed by atoms with Crippen LogP contribution in [0.5, 0.6) is 0 Å². The van der Waals surface area contributed by atoms with Gasteiger partial charge in [-0.2, -0.15) is 5.10 Å². The number of rotatable bonds is 6. The molecule has 1 atom stereocenters. The van der Waals surface area contributed by atoms with E-state index in [4.69, 9.17) is 4.74 Å². The van der Waals surface area contributed by atoms with E-state index >= 15 is 0 Å². The number of nitrogens with one attached hydrogen (secondary N) is 1. The van der Waals surface area contributed by atoms with Gasteiger partial charge in [-0.3, -0.25) is 14.4 Å². The Kier molecular flexibility index (Phi) is 5.83. The summed E-state index contributed by atoms with van der Waals surface area (Å²) >= 11 is 0. The van der Waals surface area contributed by atoms with Crippen molar-refractivity contribution in [3.05, 3.63) is 53.3 Å². The number of benzene rings is 1. The van der Waals surface area contributed by atoms with Crippen LogP contribution in [0.1, 0.15) is 29.7 Å². The van der Waals surface area contributed by atoms with Crippen LogP contribution in [0.2, 0.25) is 0 Å². The van der Waals surface area contributed by atoms with Crippen LogP contribution in [0.4, 0.5) is 0 Å². The van der Waals surface area contributed by atoms with Crippen LogP contribution in [-0.4, -0.2) is 46.8 Å². The SMILES string of the molecule is CCn1cc([C@@H]2CN(CC(=O)NCc3cccc(C)c3)CCO2)cn1. The van der Waals surface area contributed by atoms with Crippen molar-refractivity contribution < 1.29 is 9.53 Å². The van der Waals surface area contributed by atoms with E-state index in [0.29, 0.717) is 26.2 Å². The summed E-state index contributed by atoms with van der Waals surface area (Å²) in [6.45, 7) is 8.04. The lowest BCUT2D eigenvalue weighted by Crippen LogP contribution is -2.44. The van der Waals surface area contributed by atoms with Gasteiger partial charge in [-0.1, -0.05) is 29.8 Å². The zero-order chi connectivity index (χ0) is 17.6. The molecule has 1 aliphatic heterocycles. The number of carbonyl (C=O) groups is 1. The first-order valence-corrected chi connectivity index (χ1v) is 8.82. The Hall–Kier alpha value is -2.18. The van der Waals surface area contributed by atoms with Crippen molar-refractivity contribution in [2.75, 3.05) is 26.2 Å². The molecule has 0 saturated carbocycles. The lowest BCUT2D eigenvalue weighted by Gasteiger charge is -2.32. The third-order valence-electron chi connectivity index (χ3n) is 4.44. The van der Waals surface area contributed by atoms with E-state index in [1.54, 1.807) is 0 Å². The first-order chi connectivity index (χ1) is 12.1. The number of amides is 1. The third kappa shape index (κ3) is 4.90. The van der Waals surface area contributed by atoms with Gasteiger partial charge < -0.3 is 10.1 Å². The fourth-order valence-electron chi connectivity index (χ4n) is 3.05. The minimum atomic E-state index is -0.0152. The summed E-state index contributed by atoms with van der Waals surface area (Å²) in [5, 5.41) is 7.31. The highest BCUT2D eigenvalue weighted by molar-refractivity contribution is 5.78. The topological polar surface area (TPSA) is 59.4 Å². The summed E-state index contributed by atoms with van der Waals surface area (Å²) in [7, 11) is 0. The lowest BCUT2D eigenvalue weighted by molar-refractivity contribution is -0.124. The van der Waals surface area contributed by atoms with Crippen LogP contribution < -0.4 is 5.32 Å². The number of hydrogen-bond donors (Lipinski definition) is 1. The Labute approximate surface area is 148 Å². The molecular weight excluding hydrogens is 316 g/mol. The molecule has 6 nitrogen and oxygen atoms in total. The van der Waals surface area contributed by atoms with Gasteiger partial charge in [0.1, 0.15) is 0 Å². The van der Waals surface area contributed by atoms with Crippen molar-refractivity contribution in [1.29, 1.82) is 0 Å². The van der Waals surface area contributed by atoms with Gasteiger partial charge in [0.2, 0.25) is 5.91 Å². The fourth-order valence-corrected chi connectivity index (χ4v) is 3.05. The van der Waals surface area contributed by atoms with E-state index in [0.717, 1.165) is 24.2 Å². The molecule has 6 heteroatoms. The van der Waals surface area contributed by atoms with E-state index in [9.17, 15) is 4.79 Å². The number of ether oxygens (including phenoxy) is 1. The minimum Gasteiger partial charge on any atom is -0.371 e. The van der Waals surface area contributed by atoms with Gasteiger partial charge in [0.05, 0.1) is 25.5 Å². The first-order valence-electron chi connectivity index (χ1n) is 8.82. The van der Waals surface area contributed by atoms with Crippen molar-refractivity contribution >= 4 is 5.91 Å². The summed E-state index contributed by atoms with van der Waals surface area (Å²) in [5.74, 6) is 0.0476. The molecule has 0 radical (unpaired) electrons. The van der Waals surface area contributed by atoms with E-state index < -0.39 is 0 Å². The van der Waals surface area contributed by atoms with Crippen molar-refractivity contribution in [2.45, 2.75) is 33.0 Å². The highest BCUT2D eigenvalue weighted by atomic mass is 16.5. The maximum absolute atomic E-state index is 12.3. The standard InChI is InChI=1S/C19H26N4O2/c1-3-23-12-17(11-21-23)18-13-22(7-8-25-18)14-19(24)20-10-16-6-4-5-15(2)9-16/h4-6,9,11-12,18H,3,7-8,10,13-14H2,1-2H3,(H,20,24)/t18-/m0/s1. The Bertz CT molecular complexity index is 713. The average Bonchev–Trinajstić information content (AvgIpc) is 3.10. The molecule has 1 amide bonds. The molecule has 25 heavy (non-hydrogen) atoms. The summed E-state index contributed by atoms with van der Waals surface area (Å²) in [6, 6.07) is 8.19. The second-order valence-corrected chi connectivity index (χ2v) is 6.49. The Balaban J connectivity index is 1.49. The number of aromatic nitrogens is 2. The summed E-state index contributed by atoms with van der Waals surface area (Å²) in [5.41, 5.74) is 3.40. The van der Waals surface area contributed by atoms with Crippen LogP contribution >= 0.6 is 0 Å². The molecular formula is C19H26N4O2. The minimum absolute atomic E-state index is 0.0152. The molecule has 0 bridgehead atoms. The van der Waals surface area contributed by atoms with E-state index in [2.05, 4.69) is 41.3 Å². The second-order valence-electron chi connectivity index (χ2n) is 6.49. The average molecular weight is 342 g/mol. The zero-order valence-electron chi connectivity index (χ0n) is 14.9. The zero-order valence-corrected chi connectivity index (χ0v) is 14.9. The van der Waals surface area contributed by atoms with Gasteiger partial charge in [0.15, 0.2) is 0 Å². The molecule has 1 aliphatic rings. The summed E-state index contributed by atoms with van der Waals surface area (Å²) < 4.78 is 7.74. The summed E-state index contributed by atoms with van der Waals surface area (Å²) in [6.07, 6.45) is 3.86. The van der Waals surface area contributed by atoms with Gasteiger partial charge in [-0.05, 0) is 19.4 Å². The Morgan fingerprint density at radius 3 is 3.08 bits per heavy atom. The largest absolute Gasteiger partial charge is 0.371 e. The van der Waals surface area contributed by atoms with Crippen LogP contribution in [0.15, 0.2) is 36.7 Å². The molecule has 0 spiro atoms. The van der Waals surface area contributed by atoms with Gasteiger partial charge in [0.25, 0.3) is 0 Å². The molecule has 1 fully saturated rings. The quantitative estimate of drug-likeness (QED) is 0.871. The maximum atomic E-state index is 12.3. The number of aryl methyl sites for hydroxylation is 2. The molecule has 1 aromatic carbocycles. The fraction of sp³-hybridized carbons (Fsp3) is 0.474. The number of hydrogen-bond acceptors (Lipinski definition) is 4. The number of nitrogens with zero attached hydrogens (tertiary/aromatic N) is 3. The molecule has 1 aromatic heterocycles. The predicted octanol–water partition coefficient (Wildman–Crippen LogP) is 1.90. The second kappa shape index (κ2) is 8.27. The third-order valence-corrected chi connectivity index (χ3v) is 4.44. The van der Waals surface area contributed by atoms with Crippen LogP contribution in [0.25, 0.3) is 0 Å². The van der Waals surface area contributed by atoms with Crippen LogP contribution in [0, 0.1) is 6.92 Å². The van der Waals surface area contributed by atoms with Gasteiger partial charge in [0, 0.05) is 37.9 Å². The maximum Gasteiger partial charge on any atom is 0.234 e. The van der Waals surface area contributed by atoms with Gasteiger partial charge in [-0.15, -0.1) is 0 Å². The molecule has 2 heterocycles.